The van der Waals surface area contributed by atoms with Gasteiger partial charge in [-0.2, -0.15) is 0 Å². The van der Waals surface area contributed by atoms with Crippen molar-refractivity contribution in [1.29, 1.82) is 0 Å². The fraction of sp³-hybridized carbons (Fsp3) is 0.478. The van der Waals surface area contributed by atoms with Gasteiger partial charge in [0.1, 0.15) is 0 Å². The van der Waals surface area contributed by atoms with E-state index in [1.54, 1.807) is 0 Å². The smallest absolute Gasteiger partial charge is 0.323 e. The van der Waals surface area contributed by atoms with Crippen LogP contribution in [-0.4, -0.2) is 26.2 Å². The van der Waals surface area contributed by atoms with Crippen molar-refractivity contribution in [3.63, 3.8) is 0 Å². The average Bonchev–Trinajstić information content (AvgIpc) is 3.13. The lowest BCUT2D eigenvalue weighted by Crippen LogP contribution is -2.38. The van der Waals surface area contributed by atoms with Gasteiger partial charge in [-0.15, -0.1) is 0 Å². The van der Waals surface area contributed by atoms with Gasteiger partial charge in [0, 0.05) is 10.9 Å². The maximum absolute atomic E-state index is 12.7. The van der Waals surface area contributed by atoms with E-state index in [1.165, 1.54) is 30.9 Å². The Morgan fingerprint density at radius 2 is 1.57 bits per heavy atom. The summed E-state index contributed by atoms with van der Waals surface area (Å²) in [6, 6.07) is 7.98. The highest BCUT2D eigenvalue weighted by molar-refractivity contribution is 6.30. The van der Waals surface area contributed by atoms with Crippen LogP contribution in [0.3, 0.4) is 0 Å². The molecule has 1 unspecified atom stereocenters. The number of carbonyl (C=O) groups is 2. The zero-order chi connectivity index (χ0) is 20.5. The van der Waals surface area contributed by atoms with Crippen LogP contribution in [0.2, 0.25) is 5.02 Å². The molecule has 0 heterocycles. The molecule has 0 spiro atoms. The Morgan fingerprint density at radius 3 is 2.07 bits per heavy atom. The molecular weight excluding hydrogens is 376 g/mol. The fourth-order valence-electron chi connectivity index (χ4n) is 4.82. The van der Waals surface area contributed by atoms with Crippen molar-refractivity contribution in [1.82, 2.24) is 0 Å². The Kier molecular flexibility index (Phi) is 5.99. The molecule has 0 radical (unpaired) electrons. The zero-order valence-electron chi connectivity index (χ0n) is 16.9. The highest BCUT2D eigenvalue weighted by Crippen LogP contribution is 2.55. The van der Waals surface area contributed by atoms with E-state index >= 15 is 0 Å². The van der Waals surface area contributed by atoms with Crippen molar-refractivity contribution >= 4 is 23.5 Å². The van der Waals surface area contributed by atoms with Crippen LogP contribution in [0, 0.1) is 5.41 Å². The van der Waals surface area contributed by atoms with E-state index in [-0.39, 0.29) is 5.92 Å². The van der Waals surface area contributed by atoms with E-state index in [1.807, 2.05) is 12.1 Å². The molecule has 2 aliphatic carbocycles. The number of hydrogen-bond donors (Lipinski definition) is 0. The van der Waals surface area contributed by atoms with E-state index in [0.29, 0.717) is 17.9 Å². The summed E-state index contributed by atoms with van der Waals surface area (Å²) in [5.74, 6) is -0.785. The van der Waals surface area contributed by atoms with E-state index in [9.17, 15) is 9.59 Å². The SMILES string of the molecule is CCC1=C2CC(C(=O)OC)(C(=O)OC)CC2=C(CC)C(c2ccc(Cl)cc2)C1. The van der Waals surface area contributed by atoms with Crippen LogP contribution >= 0.6 is 11.6 Å². The molecule has 1 atom stereocenters. The molecule has 150 valence electrons. The number of fused-ring (bicyclic) bond motifs is 1. The quantitative estimate of drug-likeness (QED) is 0.491. The summed E-state index contributed by atoms with van der Waals surface area (Å²) in [6.45, 7) is 4.27. The number of allylic oxidation sites excluding steroid dienone is 4. The van der Waals surface area contributed by atoms with Crippen LogP contribution in [-0.2, 0) is 19.1 Å². The third-order valence-corrected chi connectivity index (χ3v) is 6.49. The Bertz CT molecular complexity index is 832. The zero-order valence-corrected chi connectivity index (χ0v) is 17.7. The number of esters is 2. The summed E-state index contributed by atoms with van der Waals surface area (Å²) < 4.78 is 10.1. The van der Waals surface area contributed by atoms with Crippen molar-refractivity contribution in [3.8, 4) is 0 Å². The van der Waals surface area contributed by atoms with Gasteiger partial charge in [-0.3, -0.25) is 9.59 Å². The van der Waals surface area contributed by atoms with Gasteiger partial charge in [0.15, 0.2) is 5.41 Å². The molecular formula is C23H27ClO4. The van der Waals surface area contributed by atoms with E-state index < -0.39 is 17.4 Å². The lowest BCUT2D eigenvalue weighted by Gasteiger charge is -2.30. The van der Waals surface area contributed by atoms with E-state index in [4.69, 9.17) is 21.1 Å². The van der Waals surface area contributed by atoms with E-state index in [2.05, 4.69) is 26.0 Å². The monoisotopic (exact) mass is 402 g/mol. The molecule has 5 heteroatoms. The van der Waals surface area contributed by atoms with Gasteiger partial charge in [-0.1, -0.05) is 48.7 Å². The molecule has 0 saturated heterocycles. The normalized spacial score (nSPS) is 20.8. The molecule has 0 amide bonds. The topological polar surface area (TPSA) is 52.6 Å². The number of methoxy groups -OCH3 is 2. The fourth-order valence-corrected chi connectivity index (χ4v) is 4.95. The summed E-state index contributed by atoms with van der Waals surface area (Å²) >= 11 is 6.08. The van der Waals surface area contributed by atoms with Crippen LogP contribution in [0.25, 0.3) is 0 Å². The average molecular weight is 403 g/mol. The first-order valence-corrected chi connectivity index (χ1v) is 10.1. The minimum absolute atomic E-state index is 0.238. The highest BCUT2D eigenvalue weighted by Gasteiger charge is 2.55. The molecule has 0 aliphatic heterocycles. The van der Waals surface area contributed by atoms with Crippen molar-refractivity contribution in [2.75, 3.05) is 14.2 Å². The standard InChI is InChI=1S/C23H27ClO4/c1-5-14-11-18(15-7-9-16(24)10-8-15)17(6-2)20-13-23(12-19(14)20,21(25)27-3)22(26)28-4/h7-10,18H,5-6,11-13H2,1-4H3. The van der Waals surface area contributed by atoms with Gasteiger partial charge in [0.05, 0.1) is 14.2 Å². The molecule has 1 aromatic rings. The molecule has 1 aromatic carbocycles. The number of carbonyl (C=O) groups excluding carboxylic acids is 2. The van der Waals surface area contributed by atoms with Gasteiger partial charge in [-0.05, 0) is 60.9 Å². The minimum atomic E-state index is -1.27. The number of halogens is 1. The molecule has 3 rings (SSSR count). The van der Waals surface area contributed by atoms with Crippen molar-refractivity contribution < 1.29 is 19.1 Å². The molecule has 0 bridgehead atoms. The molecule has 1 saturated carbocycles. The Hall–Kier alpha value is -2.07. The minimum Gasteiger partial charge on any atom is -0.468 e. The summed E-state index contributed by atoms with van der Waals surface area (Å²) in [5.41, 5.74) is 4.84. The van der Waals surface area contributed by atoms with Gasteiger partial charge in [0.25, 0.3) is 0 Å². The predicted octanol–water partition coefficient (Wildman–Crippen LogP) is 5.37. The second-order valence-corrected chi connectivity index (χ2v) is 7.96. The second kappa shape index (κ2) is 8.12. The molecule has 1 fully saturated rings. The maximum atomic E-state index is 12.7. The van der Waals surface area contributed by atoms with Gasteiger partial charge < -0.3 is 9.47 Å². The summed E-state index contributed by atoms with van der Waals surface area (Å²) in [7, 11) is 2.66. The summed E-state index contributed by atoms with van der Waals surface area (Å²) in [6.07, 6.45) is 3.36. The third kappa shape index (κ3) is 3.28. The van der Waals surface area contributed by atoms with Crippen molar-refractivity contribution in [2.24, 2.45) is 5.41 Å². The van der Waals surface area contributed by atoms with Crippen LogP contribution in [0.15, 0.2) is 46.6 Å². The summed E-state index contributed by atoms with van der Waals surface area (Å²) in [5, 5.41) is 0.716. The van der Waals surface area contributed by atoms with Crippen LogP contribution in [0.5, 0.6) is 0 Å². The Morgan fingerprint density at radius 1 is 1.00 bits per heavy atom. The first kappa shape index (κ1) is 20.7. The number of ether oxygens (including phenoxy) is 2. The Balaban J connectivity index is 2.15. The maximum Gasteiger partial charge on any atom is 0.323 e. The summed E-state index contributed by atoms with van der Waals surface area (Å²) in [4.78, 5) is 25.4. The second-order valence-electron chi connectivity index (χ2n) is 7.52. The number of rotatable bonds is 5. The first-order valence-electron chi connectivity index (χ1n) is 9.77. The molecule has 28 heavy (non-hydrogen) atoms. The van der Waals surface area contributed by atoms with Crippen molar-refractivity contribution in [3.05, 3.63) is 57.1 Å². The molecule has 0 N–H and O–H groups in total. The number of benzene rings is 1. The first-order chi connectivity index (χ1) is 13.4. The van der Waals surface area contributed by atoms with Crippen LogP contribution < -0.4 is 0 Å². The van der Waals surface area contributed by atoms with Crippen molar-refractivity contribution in [2.45, 2.75) is 51.9 Å². The van der Waals surface area contributed by atoms with E-state index in [0.717, 1.165) is 30.4 Å². The third-order valence-electron chi connectivity index (χ3n) is 6.24. The highest BCUT2D eigenvalue weighted by atomic mass is 35.5. The van der Waals surface area contributed by atoms with Gasteiger partial charge in [0.2, 0.25) is 0 Å². The lowest BCUT2D eigenvalue weighted by atomic mass is 9.75. The van der Waals surface area contributed by atoms with Crippen LogP contribution in [0.4, 0.5) is 0 Å². The number of hydrogen-bond acceptors (Lipinski definition) is 4. The van der Waals surface area contributed by atoms with Gasteiger partial charge >= 0.3 is 11.9 Å². The Labute approximate surface area is 171 Å². The molecule has 2 aliphatic rings. The molecule has 4 nitrogen and oxygen atoms in total. The van der Waals surface area contributed by atoms with Gasteiger partial charge in [-0.25, -0.2) is 0 Å². The molecule has 0 aromatic heterocycles. The van der Waals surface area contributed by atoms with Crippen LogP contribution in [0.1, 0.15) is 57.4 Å². The lowest BCUT2D eigenvalue weighted by molar-refractivity contribution is -0.168. The predicted molar refractivity (Wildman–Crippen MR) is 109 cm³/mol. The largest absolute Gasteiger partial charge is 0.468 e.